The van der Waals surface area contributed by atoms with Gasteiger partial charge in [-0.3, -0.25) is 9.59 Å². The molecular formula is C24H25N3O4S2. The van der Waals surface area contributed by atoms with Gasteiger partial charge in [0.25, 0.3) is 11.8 Å². The largest absolute Gasteiger partial charge is 0.321 e. The maximum Gasteiger partial charge on any atom is 0.272 e. The Labute approximate surface area is 197 Å². The Bertz CT molecular complexity index is 1270. The predicted octanol–water partition coefficient (Wildman–Crippen LogP) is 4.10. The monoisotopic (exact) mass is 483 g/mol. The van der Waals surface area contributed by atoms with Gasteiger partial charge in [0.15, 0.2) is 0 Å². The summed E-state index contributed by atoms with van der Waals surface area (Å²) in [6.45, 7) is 6.26. The van der Waals surface area contributed by atoms with Crippen molar-refractivity contribution in [2.24, 2.45) is 5.14 Å². The number of hydrogen-bond donors (Lipinski definition) is 3. The van der Waals surface area contributed by atoms with Crippen LogP contribution in [0.5, 0.6) is 0 Å². The van der Waals surface area contributed by atoms with Crippen LogP contribution < -0.4 is 15.8 Å². The predicted molar refractivity (Wildman–Crippen MR) is 131 cm³/mol. The van der Waals surface area contributed by atoms with Crippen LogP contribution in [0.3, 0.4) is 0 Å². The summed E-state index contributed by atoms with van der Waals surface area (Å²) < 4.78 is 22.8. The number of nitrogens with one attached hydrogen (secondary N) is 2. The molecule has 3 rings (SSSR count). The molecule has 0 fully saturated rings. The Morgan fingerprint density at radius 3 is 2.12 bits per heavy atom. The highest BCUT2D eigenvalue weighted by molar-refractivity contribution is 7.89. The SMILES string of the molecule is CC(C)(C)c1ccc(C(=O)NC(=Cc2cccs2)C(=O)Nc2ccc(S(N)(=O)=O)cc2)cc1. The minimum Gasteiger partial charge on any atom is -0.321 e. The van der Waals surface area contributed by atoms with Gasteiger partial charge in [0.2, 0.25) is 10.0 Å². The Kier molecular flexibility index (Phi) is 7.16. The lowest BCUT2D eigenvalue weighted by Crippen LogP contribution is -2.30. The molecule has 0 unspecified atom stereocenters. The van der Waals surface area contributed by atoms with E-state index in [4.69, 9.17) is 5.14 Å². The van der Waals surface area contributed by atoms with Crippen LogP contribution in [-0.2, 0) is 20.2 Å². The lowest BCUT2D eigenvalue weighted by molar-refractivity contribution is -0.113. The van der Waals surface area contributed by atoms with Gasteiger partial charge < -0.3 is 10.6 Å². The van der Waals surface area contributed by atoms with Crippen LogP contribution in [-0.4, -0.2) is 20.2 Å². The molecule has 172 valence electrons. The normalized spacial score (nSPS) is 12.3. The minimum absolute atomic E-state index is 0.0437. The maximum atomic E-state index is 12.9. The second-order valence-electron chi connectivity index (χ2n) is 8.38. The zero-order chi connectivity index (χ0) is 24.2. The summed E-state index contributed by atoms with van der Waals surface area (Å²) in [5.41, 5.74) is 1.88. The molecule has 0 radical (unpaired) electrons. The fourth-order valence-electron chi connectivity index (χ4n) is 2.92. The number of amides is 2. The van der Waals surface area contributed by atoms with Crippen LogP contribution in [0.4, 0.5) is 5.69 Å². The standard InChI is InChI=1S/C24H25N3O4S2/c1-24(2,3)17-8-6-16(7-9-17)22(28)27-21(15-19-5-4-14-32-19)23(29)26-18-10-12-20(13-11-18)33(25,30)31/h4-15H,1-3H3,(H,26,29)(H,27,28)(H2,25,30,31). The van der Waals surface area contributed by atoms with Crippen LogP contribution in [0, 0.1) is 0 Å². The molecule has 1 heterocycles. The second-order valence-corrected chi connectivity index (χ2v) is 10.9. The molecule has 0 aliphatic heterocycles. The van der Waals surface area contributed by atoms with E-state index in [9.17, 15) is 18.0 Å². The smallest absolute Gasteiger partial charge is 0.272 e. The van der Waals surface area contributed by atoms with Crippen molar-refractivity contribution in [1.29, 1.82) is 0 Å². The fourth-order valence-corrected chi connectivity index (χ4v) is 4.09. The molecule has 0 aliphatic rings. The summed E-state index contributed by atoms with van der Waals surface area (Å²) in [5.74, 6) is -0.968. The zero-order valence-electron chi connectivity index (χ0n) is 18.5. The molecule has 0 atom stereocenters. The van der Waals surface area contributed by atoms with Crippen molar-refractivity contribution in [2.75, 3.05) is 5.32 Å². The average molecular weight is 484 g/mol. The molecule has 9 heteroatoms. The quantitative estimate of drug-likeness (QED) is 0.457. The molecule has 2 aromatic carbocycles. The van der Waals surface area contributed by atoms with E-state index in [1.165, 1.54) is 35.6 Å². The van der Waals surface area contributed by atoms with Crippen LogP contribution in [0.25, 0.3) is 6.08 Å². The van der Waals surface area contributed by atoms with Crippen molar-refractivity contribution in [3.8, 4) is 0 Å². The van der Waals surface area contributed by atoms with Crippen molar-refractivity contribution in [3.05, 3.63) is 87.7 Å². The zero-order valence-corrected chi connectivity index (χ0v) is 20.1. The number of nitrogens with two attached hydrogens (primary N) is 1. The van der Waals surface area contributed by atoms with Gasteiger partial charge in [-0.05, 0) is 64.9 Å². The van der Waals surface area contributed by atoms with Crippen LogP contribution in [0.15, 0.2) is 76.6 Å². The van der Waals surface area contributed by atoms with E-state index in [0.717, 1.165) is 10.4 Å². The third kappa shape index (κ3) is 6.61. The third-order valence-electron chi connectivity index (χ3n) is 4.78. The summed E-state index contributed by atoms with van der Waals surface area (Å²) >= 11 is 1.42. The molecule has 0 bridgehead atoms. The van der Waals surface area contributed by atoms with Gasteiger partial charge in [-0.25, -0.2) is 13.6 Å². The second kappa shape index (κ2) is 9.70. The molecule has 0 saturated carbocycles. The highest BCUT2D eigenvalue weighted by Crippen LogP contribution is 2.22. The number of thiophene rings is 1. The molecule has 0 aliphatic carbocycles. The number of benzene rings is 2. The molecule has 2 amide bonds. The van der Waals surface area contributed by atoms with Crippen LogP contribution >= 0.6 is 11.3 Å². The minimum atomic E-state index is -3.84. The summed E-state index contributed by atoms with van der Waals surface area (Å²) in [4.78, 5) is 26.5. The first-order valence-electron chi connectivity index (χ1n) is 10.0. The van der Waals surface area contributed by atoms with E-state index in [-0.39, 0.29) is 16.0 Å². The van der Waals surface area contributed by atoms with Crippen molar-refractivity contribution < 1.29 is 18.0 Å². The first kappa shape index (κ1) is 24.4. The number of primary sulfonamides is 1. The molecule has 1 aromatic heterocycles. The van der Waals surface area contributed by atoms with E-state index >= 15 is 0 Å². The molecule has 4 N–H and O–H groups in total. The number of carbonyl (C=O) groups excluding carboxylic acids is 2. The first-order valence-corrected chi connectivity index (χ1v) is 12.5. The number of sulfonamides is 1. The highest BCUT2D eigenvalue weighted by Gasteiger charge is 2.18. The van der Waals surface area contributed by atoms with E-state index in [0.29, 0.717) is 11.3 Å². The van der Waals surface area contributed by atoms with Gasteiger partial charge in [0.1, 0.15) is 5.70 Å². The summed E-state index contributed by atoms with van der Waals surface area (Å²) in [6, 6.07) is 16.3. The van der Waals surface area contributed by atoms with Crippen molar-refractivity contribution in [1.82, 2.24) is 5.32 Å². The van der Waals surface area contributed by atoms with E-state index in [1.807, 2.05) is 29.6 Å². The Morgan fingerprint density at radius 2 is 1.61 bits per heavy atom. The highest BCUT2D eigenvalue weighted by atomic mass is 32.2. The Morgan fingerprint density at radius 1 is 0.970 bits per heavy atom. The van der Waals surface area contributed by atoms with Crippen LogP contribution in [0.2, 0.25) is 0 Å². The topological polar surface area (TPSA) is 118 Å². The number of anilines is 1. The van der Waals surface area contributed by atoms with E-state index in [1.54, 1.807) is 18.2 Å². The summed E-state index contributed by atoms with van der Waals surface area (Å²) in [7, 11) is -3.84. The number of rotatable bonds is 6. The van der Waals surface area contributed by atoms with Crippen molar-refractivity contribution >= 4 is 44.9 Å². The molecular weight excluding hydrogens is 458 g/mol. The Balaban J connectivity index is 1.81. The van der Waals surface area contributed by atoms with Crippen molar-refractivity contribution in [2.45, 2.75) is 31.1 Å². The molecule has 33 heavy (non-hydrogen) atoms. The number of carbonyl (C=O) groups is 2. The first-order chi connectivity index (χ1) is 15.4. The van der Waals surface area contributed by atoms with Gasteiger partial charge in [-0.2, -0.15) is 0 Å². The van der Waals surface area contributed by atoms with Gasteiger partial charge >= 0.3 is 0 Å². The lowest BCUT2D eigenvalue weighted by atomic mass is 9.87. The molecule has 0 saturated heterocycles. The molecule has 7 nitrogen and oxygen atoms in total. The number of hydrogen-bond acceptors (Lipinski definition) is 5. The van der Waals surface area contributed by atoms with Crippen LogP contribution in [0.1, 0.15) is 41.6 Å². The molecule has 0 spiro atoms. The van der Waals surface area contributed by atoms with Crippen molar-refractivity contribution in [3.63, 3.8) is 0 Å². The van der Waals surface area contributed by atoms with E-state index in [2.05, 4.69) is 31.4 Å². The maximum absolute atomic E-state index is 12.9. The lowest BCUT2D eigenvalue weighted by Gasteiger charge is -2.19. The van der Waals surface area contributed by atoms with E-state index < -0.39 is 21.8 Å². The third-order valence-corrected chi connectivity index (χ3v) is 6.52. The van der Waals surface area contributed by atoms with Gasteiger partial charge in [0.05, 0.1) is 4.90 Å². The van der Waals surface area contributed by atoms with Gasteiger partial charge in [-0.1, -0.05) is 39.0 Å². The molecule has 3 aromatic rings. The summed E-state index contributed by atoms with van der Waals surface area (Å²) in [5, 5.41) is 12.3. The fraction of sp³-hybridized carbons (Fsp3) is 0.167. The Hall–Kier alpha value is -3.27. The van der Waals surface area contributed by atoms with Gasteiger partial charge in [0, 0.05) is 16.1 Å². The summed E-state index contributed by atoms with van der Waals surface area (Å²) in [6.07, 6.45) is 1.58. The average Bonchev–Trinajstić information content (AvgIpc) is 3.25. The van der Waals surface area contributed by atoms with Gasteiger partial charge in [-0.15, -0.1) is 11.3 Å².